The molecule has 1 aromatic carbocycles. The standard InChI is InChI=1S/C31H48ClNO4/c1-3-4-7-11-29(34)25-13-15-26(16-14-25)31-24(2)23-28(32)27(31)10-8-5-6-9-12-30(35)37-22-19-33-17-20-36-21-18-33/h5,8,13-16,24,27-29,31,34H,3-4,6-7,9-12,17-23H2,1-2H3/b8-5-/t24-,27+,28-,29?,31-/m1/s1. The maximum absolute atomic E-state index is 12.0. The lowest BCUT2D eigenvalue weighted by molar-refractivity contribution is -0.144. The lowest BCUT2D eigenvalue weighted by Gasteiger charge is -2.26. The second-order valence-corrected chi connectivity index (χ2v) is 11.4. The van der Waals surface area contributed by atoms with Crippen molar-refractivity contribution in [2.45, 2.75) is 89.0 Å². The summed E-state index contributed by atoms with van der Waals surface area (Å²) in [5.74, 6) is 1.26. The number of unbranched alkanes of at least 4 members (excludes halogenated alkanes) is 3. The molecule has 0 bridgehead atoms. The molecule has 208 valence electrons. The summed E-state index contributed by atoms with van der Waals surface area (Å²) >= 11 is 6.81. The Kier molecular flexibility index (Phi) is 13.5. The highest BCUT2D eigenvalue weighted by Crippen LogP contribution is 2.48. The Morgan fingerprint density at radius 2 is 1.95 bits per heavy atom. The number of carbonyl (C=O) groups is 1. The van der Waals surface area contributed by atoms with Gasteiger partial charge in [0.25, 0.3) is 0 Å². The third-order valence-corrected chi connectivity index (χ3v) is 8.53. The maximum Gasteiger partial charge on any atom is 0.305 e. The van der Waals surface area contributed by atoms with Crippen molar-refractivity contribution in [2.75, 3.05) is 39.5 Å². The molecule has 1 aliphatic heterocycles. The third kappa shape index (κ3) is 10.0. The van der Waals surface area contributed by atoms with Crippen molar-refractivity contribution in [3.8, 4) is 0 Å². The minimum absolute atomic E-state index is 0.105. The second kappa shape index (κ2) is 16.5. The highest BCUT2D eigenvalue weighted by Gasteiger charge is 2.40. The van der Waals surface area contributed by atoms with Gasteiger partial charge in [0.05, 0.1) is 19.3 Å². The first-order chi connectivity index (χ1) is 18.0. The summed E-state index contributed by atoms with van der Waals surface area (Å²) in [5.41, 5.74) is 2.35. The van der Waals surface area contributed by atoms with E-state index in [0.29, 0.717) is 30.8 Å². The molecule has 0 radical (unpaired) electrons. The van der Waals surface area contributed by atoms with E-state index < -0.39 is 0 Å². The first-order valence-electron chi connectivity index (χ1n) is 14.5. The number of hydrogen-bond donors (Lipinski definition) is 1. The third-order valence-electron chi connectivity index (χ3n) is 8.02. The van der Waals surface area contributed by atoms with Crippen LogP contribution in [0.1, 0.15) is 94.8 Å². The first kappa shape index (κ1) is 30.1. The fourth-order valence-electron chi connectivity index (χ4n) is 5.81. The van der Waals surface area contributed by atoms with Gasteiger partial charge in [0.15, 0.2) is 0 Å². The second-order valence-electron chi connectivity index (χ2n) is 10.9. The Labute approximate surface area is 229 Å². The van der Waals surface area contributed by atoms with E-state index in [4.69, 9.17) is 21.1 Å². The molecule has 0 amide bonds. The number of carbonyl (C=O) groups excluding carboxylic acids is 1. The van der Waals surface area contributed by atoms with E-state index >= 15 is 0 Å². The van der Waals surface area contributed by atoms with Crippen molar-refractivity contribution in [2.24, 2.45) is 11.8 Å². The number of rotatable bonds is 15. The van der Waals surface area contributed by atoms with Crippen molar-refractivity contribution in [3.63, 3.8) is 0 Å². The minimum Gasteiger partial charge on any atom is -0.464 e. The van der Waals surface area contributed by atoms with Crippen LogP contribution < -0.4 is 0 Å². The van der Waals surface area contributed by atoms with Crippen LogP contribution in [0.5, 0.6) is 0 Å². The molecule has 1 saturated carbocycles. The van der Waals surface area contributed by atoms with E-state index in [1.165, 1.54) is 18.4 Å². The van der Waals surface area contributed by atoms with Gasteiger partial charge in [-0.3, -0.25) is 9.69 Å². The normalized spacial score (nSPS) is 25.5. The van der Waals surface area contributed by atoms with Crippen LogP contribution in [0.4, 0.5) is 0 Å². The number of esters is 1. The number of halogens is 1. The summed E-state index contributed by atoms with van der Waals surface area (Å²) in [6.45, 7) is 9.11. The van der Waals surface area contributed by atoms with Crippen LogP contribution in [-0.2, 0) is 14.3 Å². The average Bonchev–Trinajstić information content (AvgIpc) is 3.19. The molecule has 1 unspecified atom stereocenters. The molecule has 0 aromatic heterocycles. The molecule has 1 N–H and O–H groups in total. The molecule has 37 heavy (non-hydrogen) atoms. The molecule has 3 rings (SSSR count). The van der Waals surface area contributed by atoms with Gasteiger partial charge in [-0.1, -0.05) is 69.5 Å². The Morgan fingerprint density at radius 1 is 1.19 bits per heavy atom. The van der Waals surface area contributed by atoms with Gasteiger partial charge in [-0.25, -0.2) is 0 Å². The van der Waals surface area contributed by atoms with E-state index in [-0.39, 0.29) is 17.5 Å². The molecule has 1 heterocycles. The number of aliphatic hydroxyl groups is 1. The van der Waals surface area contributed by atoms with E-state index in [0.717, 1.165) is 76.9 Å². The van der Waals surface area contributed by atoms with Gasteiger partial charge in [0.2, 0.25) is 0 Å². The molecule has 1 aromatic rings. The number of benzene rings is 1. The smallest absolute Gasteiger partial charge is 0.305 e. The largest absolute Gasteiger partial charge is 0.464 e. The number of nitrogens with zero attached hydrogens (tertiary/aromatic N) is 1. The summed E-state index contributed by atoms with van der Waals surface area (Å²) in [6.07, 6.45) is 12.4. The Balaban J connectivity index is 1.38. The Hall–Kier alpha value is -1.40. The Bertz CT molecular complexity index is 808. The fraction of sp³-hybridized carbons (Fsp3) is 0.710. The molecule has 2 aliphatic rings. The topological polar surface area (TPSA) is 59.0 Å². The Morgan fingerprint density at radius 3 is 2.68 bits per heavy atom. The monoisotopic (exact) mass is 533 g/mol. The van der Waals surface area contributed by atoms with Crippen LogP contribution in [0.3, 0.4) is 0 Å². The van der Waals surface area contributed by atoms with Crippen molar-refractivity contribution >= 4 is 17.6 Å². The maximum atomic E-state index is 12.0. The zero-order valence-corrected chi connectivity index (χ0v) is 23.7. The number of morpholine rings is 1. The van der Waals surface area contributed by atoms with Gasteiger partial charge in [0, 0.05) is 31.4 Å². The van der Waals surface area contributed by atoms with E-state index in [9.17, 15) is 9.90 Å². The van der Waals surface area contributed by atoms with E-state index in [1.807, 2.05) is 0 Å². The summed E-state index contributed by atoms with van der Waals surface area (Å²) in [4.78, 5) is 14.3. The zero-order valence-electron chi connectivity index (χ0n) is 23.0. The molecular formula is C31H48ClNO4. The van der Waals surface area contributed by atoms with Crippen molar-refractivity contribution in [1.29, 1.82) is 0 Å². The van der Waals surface area contributed by atoms with Crippen LogP contribution >= 0.6 is 11.6 Å². The highest BCUT2D eigenvalue weighted by atomic mass is 35.5. The molecule has 5 atom stereocenters. The van der Waals surface area contributed by atoms with Crippen molar-refractivity contribution in [3.05, 3.63) is 47.5 Å². The van der Waals surface area contributed by atoms with Gasteiger partial charge < -0.3 is 14.6 Å². The zero-order chi connectivity index (χ0) is 26.5. The minimum atomic E-state index is -0.372. The molecule has 5 nitrogen and oxygen atoms in total. The number of allylic oxidation sites excluding steroid dienone is 2. The summed E-state index contributed by atoms with van der Waals surface area (Å²) in [7, 11) is 0. The molecule has 2 fully saturated rings. The number of aliphatic hydroxyl groups excluding tert-OH is 1. The number of alkyl halides is 1. The fourth-order valence-corrected chi connectivity index (χ4v) is 6.35. The van der Waals surface area contributed by atoms with Crippen molar-refractivity contribution < 1.29 is 19.4 Å². The number of hydrogen-bond acceptors (Lipinski definition) is 5. The summed E-state index contributed by atoms with van der Waals surface area (Å²) < 4.78 is 10.7. The van der Waals surface area contributed by atoms with Gasteiger partial charge >= 0.3 is 5.97 Å². The molecule has 0 spiro atoms. The van der Waals surface area contributed by atoms with Gasteiger partial charge in [-0.15, -0.1) is 11.6 Å². The lowest BCUT2D eigenvalue weighted by Crippen LogP contribution is -2.38. The van der Waals surface area contributed by atoms with Crippen molar-refractivity contribution in [1.82, 2.24) is 4.90 Å². The van der Waals surface area contributed by atoms with Gasteiger partial charge in [0.1, 0.15) is 6.61 Å². The van der Waals surface area contributed by atoms with Gasteiger partial charge in [-0.05, 0) is 61.0 Å². The average molecular weight is 534 g/mol. The molecular weight excluding hydrogens is 486 g/mol. The van der Waals surface area contributed by atoms with Crippen LogP contribution in [0, 0.1) is 11.8 Å². The molecule has 1 saturated heterocycles. The first-order valence-corrected chi connectivity index (χ1v) is 15.0. The molecule has 6 heteroatoms. The van der Waals surface area contributed by atoms with E-state index in [2.05, 4.69) is 55.2 Å². The predicted octanol–water partition coefficient (Wildman–Crippen LogP) is 6.64. The van der Waals surface area contributed by atoms with E-state index in [1.54, 1.807) is 0 Å². The quantitative estimate of drug-likeness (QED) is 0.118. The van der Waals surface area contributed by atoms with Gasteiger partial charge in [-0.2, -0.15) is 0 Å². The predicted molar refractivity (Wildman–Crippen MR) is 151 cm³/mol. The van der Waals surface area contributed by atoms with Crippen LogP contribution in [0.15, 0.2) is 36.4 Å². The summed E-state index contributed by atoms with van der Waals surface area (Å²) in [5, 5.41) is 10.7. The lowest BCUT2D eigenvalue weighted by atomic mass is 9.82. The van der Waals surface area contributed by atoms with Crippen LogP contribution in [0.2, 0.25) is 0 Å². The van der Waals surface area contributed by atoms with Crippen LogP contribution in [-0.4, -0.2) is 60.8 Å². The summed E-state index contributed by atoms with van der Waals surface area (Å²) in [6, 6.07) is 8.62. The number of ether oxygens (including phenoxy) is 2. The SMILES string of the molecule is CCCCCC(O)c1ccc([C@@H]2[C@@H](C/C=C\CCCC(=O)OCCN3CCOCC3)[C@H](Cl)C[C@H]2C)cc1. The highest BCUT2D eigenvalue weighted by molar-refractivity contribution is 6.21. The van der Waals surface area contributed by atoms with Crippen LogP contribution in [0.25, 0.3) is 0 Å². The molecule has 1 aliphatic carbocycles.